The van der Waals surface area contributed by atoms with Crippen LogP contribution in [0, 0.1) is 11.3 Å². The molecule has 0 saturated carbocycles. The Morgan fingerprint density at radius 3 is 2.44 bits per heavy atom. The number of nitrogens with zero attached hydrogens (tertiary/aromatic N) is 2. The summed E-state index contributed by atoms with van der Waals surface area (Å²) >= 11 is 0. The molecule has 0 aliphatic heterocycles. The van der Waals surface area contributed by atoms with Gasteiger partial charge in [0, 0.05) is 12.7 Å². The van der Waals surface area contributed by atoms with E-state index in [0.717, 1.165) is 11.1 Å². The summed E-state index contributed by atoms with van der Waals surface area (Å²) in [5.41, 5.74) is 2.67. The van der Waals surface area contributed by atoms with E-state index in [2.05, 4.69) is 6.07 Å². The van der Waals surface area contributed by atoms with Crippen LogP contribution < -0.4 is 0 Å². The molecule has 3 heteroatoms. The first-order valence-corrected chi connectivity index (χ1v) is 5.07. The number of hydrogen-bond acceptors (Lipinski definition) is 2. The van der Waals surface area contributed by atoms with E-state index in [9.17, 15) is 0 Å². The highest BCUT2D eigenvalue weighted by Crippen LogP contribution is 2.09. The van der Waals surface area contributed by atoms with Gasteiger partial charge < -0.3 is 9.67 Å². The quantitative estimate of drug-likeness (QED) is 0.844. The first-order chi connectivity index (χ1) is 7.83. The van der Waals surface area contributed by atoms with E-state index in [1.165, 1.54) is 0 Å². The lowest BCUT2D eigenvalue weighted by molar-refractivity contribution is 0.282. The van der Waals surface area contributed by atoms with Crippen molar-refractivity contribution in [2.24, 2.45) is 0 Å². The van der Waals surface area contributed by atoms with E-state index >= 15 is 0 Å². The molecule has 16 heavy (non-hydrogen) atoms. The Morgan fingerprint density at radius 2 is 1.81 bits per heavy atom. The first-order valence-electron chi connectivity index (χ1n) is 5.07. The number of nitriles is 1. The third kappa shape index (κ3) is 2.13. The standard InChI is InChI=1S/C13H12N2O/c14-8-13-2-1-7-15(13)9-11-3-5-12(10-16)6-4-11/h1-7,16H,9-10H2. The normalized spacial score (nSPS) is 10.0. The van der Waals surface area contributed by atoms with Gasteiger partial charge in [-0.05, 0) is 23.3 Å². The second kappa shape index (κ2) is 4.65. The van der Waals surface area contributed by atoms with Crippen molar-refractivity contribution in [3.8, 4) is 6.07 Å². The number of benzene rings is 1. The number of hydrogen-bond donors (Lipinski definition) is 1. The van der Waals surface area contributed by atoms with E-state index in [1.807, 2.05) is 41.1 Å². The van der Waals surface area contributed by atoms with Crippen molar-refractivity contribution in [1.29, 1.82) is 5.26 Å². The molecule has 0 bridgehead atoms. The summed E-state index contributed by atoms with van der Waals surface area (Å²) in [6, 6.07) is 13.5. The lowest BCUT2D eigenvalue weighted by Crippen LogP contribution is -2.00. The summed E-state index contributed by atoms with van der Waals surface area (Å²) in [7, 11) is 0. The summed E-state index contributed by atoms with van der Waals surface area (Å²) in [5.74, 6) is 0. The number of aromatic nitrogens is 1. The molecule has 3 nitrogen and oxygen atoms in total. The molecule has 0 aliphatic rings. The molecular formula is C13H12N2O. The SMILES string of the molecule is N#Cc1cccn1Cc1ccc(CO)cc1. The van der Waals surface area contributed by atoms with Gasteiger partial charge in [-0.3, -0.25) is 0 Å². The minimum atomic E-state index is 0.0627. The molecule has 1 N–H and O–H groups in total. The van der Waals surface area contributed by atoms with Crippen molar-refractivity contribution in [3.63, 3.8) is 0 Å². The molecule has 1 heterocycles. The van der Waals surface area contributed by atoms with Crippen LogP contribution in [0.5, 0.6) is 0 Å². The lowest BCUT2D eigenvalue weighted by Gasteiger charge is -2.05. The fraction of sp³-hybridized carbons (Fsp3) is 0.154. The maximum absolute atomic E-state index is 8.92. The van der Waals surface area contributed by atoms with Gasteiger partial charge in [-0.25, -0.2) is 0 Å². The van der Waals surface area contributed by atoms with Gasteiger partial charge in [0.05, 0.1) is 6.61 Å². The Kier molecular flexibility index (Phi) is 3.04. The summed E-state index contributed by atoms with van der Waals surface area (Å²) in [5, 5.41) is 17.8. The molecule has 2 rings (SSSR count). The number of aliphatic hydroxyl groups excluding tert-OH is 1. The van der Waals surface area contributed by atoms with E-state index in [4.69, 9.17) is 10.4 Å². The van der Waals surface area contributed by atoms with Gasteiger partial charge in [-0.1, -0.05) is 24.3 Å². The van der Waals surface area contributed by atoms with Gasteiger partial charge in [-0.2, -0.15) is 5.26 Å². The molecule has 0 atom stereocenters. The molecule has 0 radical (unpaired) electrons. The number of rotatable bonds is 3. The van der Waals surface area contributed by atoms with Crippen molar-refractivity contribution in [3.05, 3.63) is 59.4 Å². The third-order valence-electron chi connectivity index (χ3n) is 2.50. The van der Waals surface area contributed by atoms with Gasteiger partial charge in [0.15, 0.2) is 0 Å². The first kappa shape index (κ1) is 10.5. The predicted octanol–water partition coefficient (Wildman–Crippen LogP) is 1.90. The van der Waals surface area contributed by atoms with Crippen LogP contribution in [0.15, 0.2) is 42.6 Å². The Bertz CT molecular complexity index is 505. The Balaban J connectivity index is 2.18. The fourth-order valence-electron chi connectivity index (χ4n) is 1.60. The Hall–Kier alpha value is -2.05. The third-order valence-corrected chi connectivity index (χ3v) is 2.50. The minimum Gasteiger partial charge on any atom is -0.392 e. The topological polar surface area (TPSA) is 49.0 Å². The van der Waals surface area contributed by atoms with Crippen LogP contribution in [0.2, 0.25) is 0 Å². The fourth-order valence-corrected chi connectivity index (χ4v) is 1.60. The molecule has 0 spiro atoms. The zero-order chi connectivity index (χ0) is 11.4. The van der Waals surface area contributed by atoms with Crippen molar-refractivity contribution in [2.75, 3.05) is 0 Å². The molecule has 0 saturated heterocycles. The largest absolute Gasteiger partial charge is 0.392 e. The molecule has 0 aliphatic carbocycles. The number of aliphatic hydroxyl groups is 1. The van der Waals surface area contributed by atoms with Crippen LogP contribution >= 0.6 is 0 Å². The van der Waals surface area contributed by atoms with Crippen molar-refractivity contribution >= 4 is 0 Å². The molecular weight excluding hydrogens is 200 g/mol. The van der Waals surface area contributed by atoms with Crippen LogP contribution in [0.1, 0.15) is 16.8 Å². The molecule has 0 unspecified atom stereocenters. The zero-order valence-corrected chi connectivity index (χ0v) is 8.80. The van der Waals surface area contributed by atoms with Crippen LogP contribution in [-0.4, -0.2) is 9.67 Å². The smallest absolute Gasteiger partial charge is 0.120 e. The average molecular weight is 212 g/mol. The summed E-state index contributed by atoms with van der Waals surface area (Å²) in [4.78, 5) is 0. The van der Waals surface area contributed by atoms with Crippen LogP contribution in [0.4, 0.5) is 0 Å². The van der Waals surface area contributed by atoms with Crippen LogP contribution in [0.3, 0.4) is 0 Å². The van der Waals surface area contributed by atoms with Crippen LogP contribution in [0.25, 0.3) is 0 Å². The lowest BCUT2D eigenvalue weighted by atomic mass is 10.1. The van der Waals surface area contributed by atoms with Gasteiger partial charge in [0.25, 0.3) is 0 Å². The molecule has 0 fully saturated rings. The van der Waals surface area contributed by atoms with E-state index < -0.39 is 0 Å². The van der Waals surface area contributed by atoms with Gasteiger partial charge in [-0.15, -0.1) is 0 Å². The highest BCUT2D eigenvalue weighted by atomic mass is 16.3. The van der Waals surface area contributed by atoms with E-state index in [1.54, 1.807) is 6.07 Å². The maximum Gasteiger partial charge on any atom is 0.120 e. The molecule has 1 aromatic heterocycles. The molecule has 80 valence electrons. The molecule has 1 aromatic carbocycles. The van der Waals surface area contributed by atoms with Crippen molar-refractivity contribution in [1.82, 2.24) is 4.57 Å². The maximum atomic E-state index is 8.92. The summed E-state index contributed by atoms with van der Waals surface area (Å²) < 4.78 is 1.90. The second-order valence-corrected chi connectivity index (χ2v) is 3.61. The highest BCUT2D eigenvalue weighted by molar-refractivity contribution is 5.26. The monoisotopic (exact) mass is 212 g/mol. The highest BCUT2D eigenvalue weighted by Gasteiger charge is 2.00. The summed E-state index contributed by atoms with van der Waals surface area (Å²) in [6.07, 6.45) is 1.89. The van der Waals surface area contributed by atoms with Gasteiger partial charge >= 0.3 is 0 Å². The van der Waals surface area contributed by atoms with Crippen molar-refractivity contribution in [2.45, 2.75) is 13.2 Å². The molecule has 2 aromatic rings. The van der Waals surface area contributed by atoms with E-state index in [-0.39, 0.29) is 6.61 Å². The predicted molar refractivity (Wildman–Crippen MR) is 60.6 cm³/mol. The summed E-state index contributed by atoms with van der Waals surface area (Å²) in [6.45, 7) is 0.745. The zero-order valence-electron chi connectivity index (χ0n) is 8.80. The second-order valence-electron chi connectivity index (χ2n) is 3.61. The minimum absolute atomic E-state index is 0.0627. The van der Waals surface area contributed by atoms with E-state index in [0.29, 0.717) is 12.2 Å². The van der Waals surface area contributed by atoms with Gasteiger partial charge in [0.2, 0.25) is 0 Å². The average Bonchev–Trinajstić information content (AvgIpc) is 2.77. The van der Waals surface area contributed by atoms with Crippen molar-refractivity contribution < 1.29 is 5.11 Å². The Morgan fingerprint density at radius 1 is 1.12 bits per heavy atom. The van der Waals surface area contributed by atoms with Crippen LogP contribution in [-0.2, 0) is 13.2 Å². The van der Waals surface area contributed by atoms with Gasteiger partial charge in [0.1, 0.15) is 11.8 Å². The Labute approximate surface area is 94.2 Å². The molecule has 0 amide bonds.